The van der Waals surface area contributed by atoms with Crippen LogP contribution in [0.5, 0.6) is 0 Å². The Morgan fingerprint density at radius 1 is 1.50 bits per heavy atom. The second-order valence-electron chi connectivity index (χ2n) is 3.26. The summed E-state index contributed by atoms with van der Waals surface area (Å²) in [4.78, 5) is 16.7. The number of hydrogen-bond donors (Lipinski definition) is 2. The first kappa shape index (κ1) is 12.6. The highest BCUT2D eigenvalue weighted by Crippen LogP contribution is 2.14. The van der Waals surface area contributed by atoms with E-state index in [2.05, 4.69) is 24.4 Å². The number of aromatic nitrogens is 3. The van der Waals surface area contributed by atoms with Crippen molar-refractivity contribution in [2.24, 2.45) is 0 Å². The maximum absolute atomic E-state index is 11.9. The standard InChI is InChI=1S/C8H7ClN4O4S/c1-4-11-8(17-12-4)13-18(15,16)5-2-6(9)7(14)10-3-5/h2-3H,1H3,(H,10,14)(H,11,12,13). The minimum absolute atomic E-state index is 0.219. The van der Waals surface area contributed by atoms with Crippen molar-refractivity contribution < 1.29 is 12.9 Å². The van der Waals surface area contributed by atoms with Gasteiger partial charge in [0.15, 0.2) is 5.82 Å². The van der Waals surface area contributed by atoms with Crippen LogP contribution in [0, 0.1) is 6.92 Å². The van der Waals surface area contributed by atoms with Crippen molar-refractivity contribution >= 4 is 27.6 Å². The van der Waals surface area contributed by atoms with Crippen molar-refractivity contribution in [1.29, 1.82) is 0 Å². The molecule has 2 N–H and O–H groups in total. The zero-order valence-electron chi connectivity index (χ0n) is 8.97. The number of rotatable bonds is 3. The molecule has 2 heterocycles. The van der Waals surface area contributed by atoms with Gasteiger partial charge in [0.1, 0.15) is 9.92 Å². The Hall–Kier alpha value is -1.87. The van der Waals surface area contributed by atoms with Crippen LogP contribution in [-0.2, 0) is 10.0 Å². The lowest BCUT2D eigenvalue weighted by Crippen LogP contribution is -2.16. The van der Waals surface area contributed by atoms with Gasteiger partial charge in [-0.3, -0.25) is 4.79 Å². The number of anilines is 1. The van der Waals surface area contributed by atoms with E-state index < -0.39 is 15.6 Å². The van der Waals surface area contributed by atoms with Crippen molar-refractivity contribution in [1.82, 2.24) is 15.1 Å². The highest BCUT2D eigenvalue weighted by atomic mass is 35.5. The molecule has 0 fully saturated rings. The Bertz CT molecular complexity index is 736. The molecule has 0 atom stereocenters. The molecule has 96 valence electrons. The van der Waals surface area contributed by atoms with E-state index in [1.54, 1.807) is 0 Å². The minimum Gasteiger partial charge on any atom is -0.326 e. The largest absolute Gasteiger partial charge is 0.335 e. The van der Waals surface area contributed by atoms with Crippen LogP contribution < -0.4 is 10.3 Å². The highest BCUT2D eigenvalue weighted by Gasteiger charge is 2.18. The number of nitrogens with one attached hydrogen (secondary N) is 2. The summed E-state index contributed by atoms with van der Waals surface area (Å²) in [6.45, 7) is 1.54. The first-order valence-corrected chi connectivity index (χ1v) is 6.46. The first-order valence-electron chi connectivity index (χ1n) is 4.60. The molecule has 0 unspecified atom stereocenters. The molecule has 0 aliphatic carbocycles. The maximum Gasteiger partial charge on any atom is 0.335 e. The normalized spacial score (nSPS) is 11.4. The smallest absolute Gasteiger partial charge is 0.326 e. The summed E-state index contributed by atoms with van der Waals surface area (Å²) in [5.74, 6) is 0.284. The van der Waals surface area contributed by atoms with Gasteiger partial charge in [-0.15, -0.1) is 0 Å². The quantitative estimate of drug-likeness (QED) is 0.851. The van der Waals surface area contributed by atoms with Gasteiger partial charge in [-0.05, 0) is 13.0 Å². The van der Waals surface area contributed by atoms with E-state index in [1.807, 2.05) is 0 Å². The van der Waals surface area contributed by atoms with Crippen LogP contribution in [0.4, 0.5) is 6.01 Å². The van der Waals surface area contributed by atoms with Crippen molar-refractivity contribution in [3.05, 3.63) is 33.5 Å². The highest BCUT2D eigenvalue weighted by molar-refractivity contribution is 7.92. The monoisotopic (exact) mass is 290 g/mol. The van der Waals surface area contributed by atoms with Crippen LogP contribution in [-0.4, -0.2) is 23.5 Å². The molecule has 2 aromatic rings. The van der Waals surface area contributed by atoms with E-state index in [4.69, 9.17) is 11.6 Å². The van der Waals surface area contributed by atoms with E-state index in [1.165, 1.54) is 6.92 Å². The summed E-state index contributed by atoms with van der Waals surface area (Å²) >= 11 is 5.54. The Balaban J connectivity index is 2.36. The van der Waals surface area contributed by atoms with E-state index in [-0.39, 0.29) is 21.8 Å². The summed E-state index contributed by atoms with van der Waals surface area (Å²) in [6.07, 6.45) is 1.01. The van der Waals surface area contributed by atoms with Crippen molar-refractivity contribution in [2.75, 3.05) is 4.72 Å². The van der Waals surface area contributed by atoms with E-state index in [9.17, 15) is 13.2 Å². The number of nitrogens with zero attached hydrogens (tertiary/aromatic N) is 2. The molecule has 0 spiro atoms. The van der Waals surface area contributed by atoms with Crippen LogP contribution in [0.3, 0.4) is 0 Å². The van der Waals surface area contributed by atoms with Gasteiger partial charge in [0.2, 0.25) is 0 Å². The summed E-state index contributed by atoms with van der Waals surface area (Å²) in [6, 6.07) is 0.751. The number of aromatic amines is 1. The van der Waals surface area contributed by atoms with Gasteiger partial charge in [0.05, 0.1) is 0 Å². The van der Waals surface area contributed by atoms with Crippen molar-refractivity contribution in [3.8, 4) is 0 Å². The Labute approximate surface area is 106 Å². The fourth-order valence-corrected chi connectivity index (χ4v) is 2.26. The zero-order chi connectivity index (χ0) is 13.3. The molecular weight excluding hydrogens is 284 g/mol. The Morgan fingerprint density at radius 3 is 2.78 bits per heavy atom. The summed E-state index contributed by atoms with van der Waals surface area (Å²) in [5.41, 5.74) is -0.579. The fourth-order valence-electron chi connectivity index (χ4n) is 1.11. The van der Waals surface area contributed by atoms with Gasteiger partial charge in [0, 0.05) is 6.20 Å². The Morgan fingerprint density at radius 2 is 2.22 bits per heavy atom. The van der Waals surface area contributed by atoms with E-state index in [0.29, 0.717) is 0 Å². The minimum atomic E-state index is -3.94. The molecule has 0 radical (unpaired) electrons. The van der Waals surface area contributed by atoms with Gasteiger partial charge in [0.25, 0.3) is 15.6 Å². The van der Waals surface area contributed by atoms with Gasteiger partial charge >= 0.3 is 6.01 Å². The summed E-state index contributed by atoms with van der Waals surface area (Å²) < 4.78 is 30.4. The molecule has 0 aliphatic heterocycles. The van der Waals surface area contributed by atoms with Crippen molar-refractivity contribution in [3.63, 3.8) is 0 Å². The van der Waals surface area contributed by atoms with Crippen LogP contribution in [0.1, 0.15) is 5.82 Å². The lowest BCUT2D eigenvalue weighted by molar-refractivity contribution is 0.429. The van der Waals surface area contributed by atoms with E-state index in [0.717, 1.165) is 12.3 Å². The zero-order valence-corrected chi connectivity index (χ0v) is 10.5. The molecule has 10 heteroatoms. The van der Waals surface area contributed by atoms with Gasteiger partial charge < -0.3 is 9.51 Å². The second-order valence-corrected chi connectivity index (χ2v) is 5.35. The molecule has 8 nitrogen and oxygen atoms in total. The fraction of sp³-hybridized carbons (Fsp3) is 0.125. The van der Waals surface area contributed by atoms with Gasteiger partial charge in [-0.2, -0.15) is 4.98 Å². The van der Waals surface area contributed by atoms with Crippen molar-refractivity contribution in [2.45, 2.75) is 11.8 Å². The van der Waals surface area contributed by atoms with Crippen LogP contribution in [0.25, 0.3) is 0 Å². The third-order valence-corrected chi connectivity index (χ3v) is 3.47. The molecule has 0 amide bonds. The van der Waals surface area contributed by atoms with E-state index >= 15 is 0 Å². The van der Waals surface area contributed by atoms with Gasteiger partial charge in [-0.1, -0.05) is 16.8 Å². The summed E-state index contributed by atoms with van der Waals surface area (Å²) in [7, 11) is -3.94. The molecule has 0 aromatic carbocycles. The lowest BCUT2D eigenvalue weighted by Gasteiger charge is -2.03. The number of hydrogen-bond acceptors (Lipinski definition) is 6. The molecule has 0 bridgehead atoms. The number of halogens is 1. The molecule has 0 aliphatic rings. The number of pyridine rings is 1. The molecule has 2 rings (SSSR count). The topological polar surface area (TPSA) is 118 Å². The SMILES string of the molecule is Cc1noc(NS(=O)(=O)c2c[nH]c(=O)c(Cl)c2)n1. The molecule has 18 heavy (non-hydrogen) atoms. The summed E-state index contributed by atoms with van der Waals surface area (Å²) in [5, 5.41) is 3.19. The predicted octanol–water partition coefficient (Wildman–Crippen LogP) is 0.521. The third kappa shape index (κ3) is 2.51. The second kappa shape index (κ2) is 4.42. The molecule has 0 saturated carbocycles. The molecule has 0 saturated heterocycles. The number of H-pyrrole nitrogens is 1. The van der Waals surface area contributed by atoms with Gasteiger partial charge in [-0.25, -0.2) is 13.1 Å². The number of sulfonamides is 1. The van der Waals surface area contributed by atoms with Crippen LogP contribution in [0.15, 0.2) is 26.5 Å². The lowest BCUT2D eigenvalue weighted by atomic mass is 10.5. The predicted molar refractivity (Wildman–Crippen MR) is 61.9 cm³/mol. The average molecular weight is 291 g/mol. The van der Waals surface area contributed by atoms with Crippen LogP contribution in [0.2, 0.25) is 5.02 Å². The maximum atomic E-state index is 11.9. The third-order valence-electron chi connectivity index (χ3n) is 1.89. The van der Waals surface area contributed by atoms with Crippen LogP contribution >= 0.6 is 11.6 Å². The molecule has 2 aromatic heterocycles. The average Bonchev–Trinajstić information content (AvgIpc) is 2.67. The first-order chi connectivity index (χ1) is 8.38. The molecular formula is C8H7ClN4O4S. The number of aryl methyl sites for hydroxylation is 1. The Kier molecular flexibility index (Phi) is 3.09.